The predicted octanol–water partition coefficient (Wildman–Crippen LogP) is 2.38. The summed E-state index contributed by atoms with van der Waals surface area (Å²) in [5.74, 6) is 0.454. The fourth-order valence-electron chi connectivity index (χ4n) is 1.91. The molecular formula is C15H19N5OS. The van der Waals surface area contributed by atoms with Crippen LogP contribution in [-0.2, 0) is 4.79 Å². The fraction of sp³-hybridized carbons (Fsp3) is 0.267. The van der Waals surface area contributed by atoms with E-state index in [9.17, 15) is 4.79 Å². The van der Waals surface area contributed by atoms with Gasteiger partial charge in [0.2, 0.25) is 5.91 Å². The maximum Gasteiger partial charge on any atom is 0.237 e. The number of hydrogen-bond acceptors (Lipinski definition) is 6. The summed E-state index contributed by atoms with van der Waals surface area (Å²) in [6, 6.07) is 7.36. The maximum atomic E-state index is 12.3. The average molecular weight is 317 g/mol. The summed E-state index contributed by atoms with van der Waals surface area (Å²) < 4.78 is 0. The molecule has 0 aliphatic heterocycles. The van der Waals surface area contributed by atoms with Gasteiger partial charge in [0.25, 0.3) is 0 Å². The van der Waals surface area contributed by atoms with Crippen LogP contribution in [0.3, 0.4) is 0 Å². The third-order valence-electron chi connectivity index (χ3n) is 3.04. The van der Waals surface area contributed by atoms with E-state index in [4.69, 9.17) is 11.5 Å². The Morgan fingerprint density at radius 3 is 2.41 bits per heavy atom. The van der Waals surface area contributed by atoms with Crippen LogP contribution in [0, 0.1) is 13.8 Å². The Morgan fingerprint density at radius 2 is 1.82 bits per heavy atom. The molecule has 1 aromatic heterocycles. The molecule has 0 aliphatic rings. The second-order valence-electron chi connectivity index (χ2n) is 5.07. The number of nitrogens with one attached hydrogen (secondary N) is 1. The molecule has 1 heterocycles. The molecule has 7 heteroatoms. The van der Waals surface area contributed by atoms with Gasteiger partial charge in [-0.3, -0.25) is 4.79 Å². The van der Waals surface area contributed by atoms with E-state index in [0.717, 1.165) is 16.8 Å². The van der Waals surface area contributed by atoms with Gasteiger partial charge in [-0.05, 0) is 32.4 Å². The lowest BCUT2D eigenvalue weighted by atomic mass is 10.1. The van der Waals surface area contributed by atoms with E-state index in [1.807, 2.05) is 32.0 Å². The van der Waals surface area contributed by atoms with Crippen molar-refractivity contribution in [1.29, 1.82) is 0 Å². The zero-order chi connectivity index (χ0) is 16.3. The summed E-state index contributed by atoms with van der Waals surface area (Å²) in [4.78, 5) is 20.4. The van der Waals surface area contributed by atoms with E-state index in [0.29, 0.717) is 5.16 Å². The Labute approximate surface area is 133 Å². The highest BCUT2D eigenvalue weighted by atomic mass is 32.2. The molecule has 0 aliphatic carbocycles. The summed E-state index contributed by atoms with van der Waals surface area (Å²) in [7, 11) is 0. The Balaban J connectivity index is 2.05. The van der Waals surface area contributed by atoms with Gasteiger partial charge >= 0.3 is 0 Å². The molecule has 1 aromatic carbocycles. The second-order valence-corrected chi connectivity index (χ2v) is 6.38. The topological polar surface area (TPSA) is 107 Å². The van der Waals surface area contributed by atoms with Crippen molar-refractivity contribution in [3.8, 4) is 0 Å². The largest absolute Gasteiger partial charge is 0.383 e. The number of nitrogen functional groups attached to an aromatic ring is 2. The number of aryl methyl sites for hydroxylation is 2. The van der Waals surface area contributed by atoms with Crippen molar-refractivity contribution in [3.05, 3.63) is 35.4 Å². The van der Waals surface area contributed by atoms with Crippen molar-refractivity contribution in [2.75, 3.05) is 16.8 Å². The predicted molar refractivity (Wildman–Crippen MR) is 90.7 cm³/mol. The molecule has 0 unspecified atom stereocenters. The van der Waals surface area contributed by atoms with Crippen molar-refractivity contribution < 1.29 is 4.79 Å². The van der Waals surface area contributed by atoms with E-state index in [-0.39, 0.29) is 22.8 Å². The first-order chi connectivity index (χ1) is 10.3. The number of hydrogen-bond donors (Lipinski definition) is 3. The third-order valence-corrected chi connectivity index (χ3v) is 4.00. The van der Waals surface area contributed by atoms with Gasteiger partial charge in [0.15, 0.2) is 5.16 Å². The lowest BCUT2D eigenvalue weighted by molar-refractivity contribution is -0.115. The van der Waals surface area contributed by atoms with Crippen LogP contribution >= 0.6 is 11.8 Å². The van der Waals surface area contributed by atoms with Crippen LogP contribution in [0.4, 0.5) is 17.3 Å². The van der Waals surface area contributed by atoms with Gasteiger partial charge in [-0.25, -0.2) is 9.97 Å². The molecule has 5 N–H and O–H groups in total. The number of amides is 1. The first-order valence-electron chi connectivity index (χ1n) is 6.80. The second kappa shape index (κ2) is 6.65. The maximum absolute atomic E-state index is 12.3. The van der Waals surface area contributed by atoms with Crippen LogP contribution in [-0.4, -0.2) is 21.1 Å². The molecule has 0 saturated heterocycles. The third kappa shape index (κ3) is 4.11. The molecule has 1 atom stereocenters. The van der Waals surface area contributed by atoms with Crippen LogP contribution in [0.5, 0.6) is 0 Å². The van der Waals surface area contributed by atoms with E-state index in [1.54, 1.807) is 6.92 Å². The first-order valence-corrected chi connectivity index (χ1v) is 7.68. The van der Waals surface area contributed by atoms with Crippen molar-refractivity contribution in [3.63, 3.8) is 0 Å². The van der Waals surface area contributed by atoms with Crippen molar-refractivity contribution >= 4 is 35.0 Å². The summed E-state index contributed by atoms with van der Waals surface area (Å²) in [6.45, 7) is 5.76. The van der Waals surface area contributed by atoms with Crippen LogP contribution in [0.2, 0.25) is 0 Å². The van der Waals surface area contributed by atoms with Crippen molar-refractivity contribution in [2.45, 2.75) is 31.2 Å². The van der Waals surface area contributed by atoms with Gasteiger partial charge < -0.3 is 16.8 Å². The minimum Gasteiger partial charge on any atom is -0.383 e. The molecule has 1 amide bonds. The molecule has 0 bridgehead atoms. The van der Waals surface area contributed by atoms with Gasteiger partial charge in [-0.1, -0.05) is 29.5 Å². The average Bonchev–Trinajstić information content (AvgIpc) is 2.40. The smallest absolute Gasteiger partial charge is 0.237 e. The lowest BCUT2D eigenvalue weighted by Crippen LogP contribution is -2.23. The van der Waals surface area contributed by atoms with Gasteiger partial charge in [0, 0.05) is 11.8 Å². The number of carbonyl (C=O) groups excluding carboxylic acids is 1. The van der Waals surface area contributed by atoms with Gasteiger partial charge in [-0.2, -0.15) is 0 Å². The quantitative estimate of drug-likeness (QED) is 0.590. The molecule has 2 aromatic rings. The van der Waals surface area contributed by atoms with Crippen LogP contribution < -0.4 is 16.8 Å². The number of rotatable bonds is 4. The molecule has 2 rings (SSSR count). The molecule has 0 spiro atoms. The monoisotopic (exact) mass is 317 g/mol. The van der Waals surface area contributed by atoms with Crippen molar-refractivity contribution in [2.24, 2.45) is 0 Å². The number of anilines is 3. The van der Waals surface area contributed by atoms with Gasteiger partial charge in [-0.15, -0.1) is 0 Å². The molecule has 0 radical (unpaired) electrons. The minimum absolute atomic E-state index is 0.124. The molecule has 6 nitrogen and oxygen atoms in total. The number of carbonyl (C=O) groups is 1. The summed E-state index contributed by atoms with van der Waals surface area (Å²) in [5.41, 5.74) is 14.2. The highest BCUT2D eigenvalue weighted by Crippen LogP contribution is 2.23. The standard InChI is InChI=1S/C15H19N5OS/c1-8-4-5-11(9(2)6-8)18-14(21)10(3)22-15-19-12(16)7-13(17)20-15/h4-7,10H,1-3H3,(H,18,21)(H4,16,17,19,20)/t10-/m0/s1. The van der Waals surface area contributed by atoms with E-state index in [1.165, 1.54) is 17.8 Å². The molecule has 0 saturated carbocycles. The number of aromatic nitrogens is 2. The van der Waals surface area contributed by atoms with Gasteiger partial charge in [0.1, 0.15) is 11.6 Å². The summed E-state index contributed by atoms with van der Waals surface area (Å²) in [5, 5.41) is 2.93. The van der Waals surface area contributed by atoms with Crippen LogP contribution in [0.15, 0.2) is 29.4 Å². The highest BCUT2D eigenvalue weighted by Gasteiger charge is 2.17. The zero-order valence-electron chi connectivity index (χ0n) is 12.8. The van der Waals surface area contributed by atoms with E-state index in [2.05, 4.69) is 15.3 Å². The number of nitrogens with two attached hydrogens (primary N) is 2. The molecular weight excluding hydrogens is 298 g/mol. The van der Waals surface area contributed by atoms with Crippen LogP contribution in [0.1, 0.15) is 18.1 Å². The highest BCUT2D eigenvalue weighted by molar-refractivity contribution is 8.00. The molecule has 22 heavy (non-hydrogen) atoms. The molecule has 116 valence electrons. The lowest BCUT2D eigenvalue weighted by Gasteiger charge is -2.13. The van der Waals surface area contributed by atoms with Gasteiger partial charge in [0.05, 0.1) is 5.25 Å². The normalized spacial score (nSPS) is 12.0. The zero-order valence-corrected chi connectivity index (χ0v) is 13.6. The number of thioether (sulfide) groups is 1. The number of nitrogens with zero attached hydrogens (tertiary/aromatic N) is 2. The minimum atomic E-state index is -0.373. The Hall–Kier alpha value is -2.28. The van der Waals surface area contributed by atoms with E-state index >= 15 is 0 Å². The Kier molecular flexibility index (Phi) is 4.87. The Bertz CT molecular complexity index is 684. The Morgan fingerprint density at radius 1 is 1.18 bits per heavy atom. The van der Waals surface area contributed by atoms with Crippen LogP contribution in [0.25, 0.3) is 0 Å². The first kappa shape index (κ1) is 16.1. The SMILES string of the molecule is Cc1ccc(NC(=O)[C@H](C)Sc2nc(N)cc(N)n2)c(C)c1. The summed E-state index contributed by atoms with van der Waals surface area (Å²) in [6.07, 6.45) is 0. The molecule has 0 fully saturated rings. The van der Waals surface area contributed by atoms with Crippen molar-refractivity contribution in [1.82, 2.24) is 9.97 Å². The number of benzene rings is 1. The van der Waals surface area contributed by atoms with E-state index < -0.39 is 0 Å². The fourth-order valence-corrected chi connectivity index (χ4v) is 2.71. The summed E-state index contributed by atoms with van der Waals surface area (Å²) >= 11 is 1.21.